The van der Waals surface area contributed by atoms with Gasteiger partial charge < -0.3 is 10.2 Å². The molecule has 0 radical (unpaired) electrons. The highest BCUT2D eigenvalue weighted by Gasteiger charge is 2.40. The maximum absolute atomic E-state index is 9.97. The number of hydrogen-bond acceptors (Lipinski definition) is 2. The van der Waals surface area contributed by atoms with Crippen molar-refractivity contribution in [2.24, 2.45) is 5.92 Å². The summed E-state index contributed by atoms with van der Waals surface area (Å²) in [5.74, 6) is -0.0151. The SMILES string of the molecule is C=C(C)C1CC=C(C)C(C)(O)C1O. The molecule has 1 aliphatic rings. The summed E-state index contributed by atoms with van der Waals surface area (Å²) in [6.45, 7) is 9.20. The molecule has 3 unspecified atom stereocenters. The second kappa shape index (κ2) is 3.28. The normalized spacial score (nSPS) is 39.9. The van der Waals surface area contributed by atoms with Crippen LogP contribution in [0.25, 0.3) is 0 Å². The Hall–Kier alpha value is -0.600. The van der Waals surface area contributed by atoms with Gasteiger partial charge in [0.1, 0.15) is 5.60 Å². The van der Waals surface area contributed by atoms with Crippen LogP contribution in [0.4, 0.5) is 0 Å². The van der Waals surface area contributed by atoms with Crippen molar-refractivity contribution in [3.8, 4) is 0 Å². The Morgan fingerprint density at radius 2 is 2.23 bits per heavy atom. The summed E-state index contributed by atoms with van der Waals surface area (Å²) in [6, 6.07) is 0. The third-order valence-electron chi connectivity index (χ3n) is 3.07. The van der Waals surface area contributed by atoms with E-state index in [1.165, 1.54) is 0 Å². The number of hydrogen-bond donors (Lipinski definition) is 2. The van der Waals surface area contributed by atoms with E-state index in [4.69, 9.17) is 0 Å². The van der Waals surface area contributed by atoms with E-state index in [1.54, 1.807) is 6.92 Å². The molecule has 0 aromatic rings. The maximum Gasteiger partial charge on any atom is 0.109 e. The Kier molecular flexibility index (Phi) is 2.64. The second-order valence-electron chi connectivity index (χ2n) is 4.17. The molecule has 1 rings (SSSR count). The minimum atomic E-state index is -1.10. The van der Waals surface area contributed by atoms with Gasteiger partial charge >= 0.3 is 0 Å². The molecule has 3 atom stereocenters. The van der Waals surface area contributed by atoms with Gasteiger partial charge in [0.05, 0.1) is 6.10 Å². The van der Waals surface area contributed by atoms with Crippen LogP contribution >= 0.6 is 0 Å². The largest absolute Gasteiger partial charge is 0.389 e. The standard InChI is InChI=1S/C11H18O2/c1-7(2)9-6-5-8(3)11(4,13)10(9)12/h5,9-10,12-13H,1,6H2,2-4H3. The minimum Gasteiger partial charge on any atom is -0.389 e. The molecular formula is C11H18O2. The summed E-state index contributed by atoms with van der Waals surface area (Å²) >= 11 is 0. The molecule has 2 N–H and O–H groups in total. The highest BCUT2D eigenvalue weighted by atomic mass is 16.3. The summed E-state index contributed by atoms with van der Waals surface area (Å²) in [5.41, 5.74) is 0.677. The molecule has 0 aromatic heterocycles. The van der Waals surface area contributed by atoms with Gasteiger partial charge in [0, 0.05) is 5.92 Å². The van der Waals surface area contributed by atoms with Crippen LogP contribution in [-0.2, 0) is 0 Å². The summed E-state index contributed by atoms with van der Waals surface area (Å²) in [6.07, 6.45) is 2.03. The number of aliphatic hydroxyl groups excluding tert-OH is 1. The molecule has 0 saturated heterocycles. The monoisotopic (exact) mass is 182 g/mol. The van der Waals surface area contributed by atoms with Crippen LogP contribution in [0, 0.1) is 5.92 Å². The van der Waals surface area contributed by atoms with Crippen molar-refractivity contribution in [1.29, 1.82) is 0 Å². The lowest BCUT2D eigenvalue weighted by Gasteiger charge is -2.39. The fourth-order valence-corrected chi connectivity index (χ4v) is 1.73. The lowest BCUT2D eigenvalue weighted by Crippen LogP contribution is -2.47. The topological polar surface area (TPSA) is 40.5 Å². The van der Waals surface area contributed by atoms with E-state index in [1.807, 2.05) is 19.9 Å². The lowest BCUT2D eigenvalue weighted by atomic mass is 9.74. The molecule has 0 aliphatic heterocycles. The summed E-state index contributed by atoms with van der Waals surface area (Å²) in [5, 5.41) is 19.9. The smallest absolute Gasteiger partial charge is 0.109 e. The Bertz CT molecular complexity index is 251. The summed E-state index contributed by atoms with van der Waals surface area (Å²) < 4.78 is 0. The molecule has 13 heavy (non-hydrogen) atoms. The molecule has 0 fully saturated rings. The van der Waals surface area contributed by atoms with Crippen LogP contribution in [0.2, 0.25) is 0 Å². The average Bonchev–Trinajstić information content (AvgIpc) is 2.01. The van der Waals surface area contributed by atoms with Crippen molar-refractivity contribution in [2.75, 3.05) is 0 Å². The van der Waals surface area contributed by atoms with E-state index in [0.717, 1.165) is 17.6 Å². The van der Waals surface area contributed by atoms with Crippen molar-refractivity contribution >= 4 is 0 Å². The predicted octanol–water partition coefficient (Wildman–Crippen LogP) is 1.64. The number of rotatable bonds is 1. The van der Waals surface area contributed by atoms with Crippen molar-refractivity contribution in [1.82, 2.24) is 0 Å². The quantitative estimate of drug-likeness (QED) is 0.605. The van der Waals surface area contributed by atoms with E-state index >= 15 is 0 Å². The van der Waals surface area contributed by atoms with Crippen LogP contribution in [-0.4, -0.2) is 21.9 Å². The third kappa shape index (κ3) is 1.69. The van der Waals surface area contributed by atoms with Gasteiger partial charge in [0.15, 0.2) is 0 Å². The molecule has 1 aliphatic carbocycles. The van der Waals surface area contributed by atoms with E-state index in [0.29, 0.717) is 0 Å². The Balaban J connectivity index is 2.97. The first-order valence-corrected chi connectivity index (χ1v) is 4.60. The fraction of sp³-hybridized carbons (Fsp3) is 0.636. The zero-order valence-electron chi connectivity index (χ0n) is 8.54. The molecule has 74 valence electrons. The Labute approximate surface area is 79.6 Å². The van der Waals surface area contributed by atoms with Gasteiger partial charge in [-0.1, -0.05) is 18.2 Å². The zero-order chi connectivity index (χ0) is 10.2. The average molecular weight is 182 g/mol. The van der Waals surface area contributed by atoms with Gasteiger partial charge in [-0.3, -0.25) is 0 Å². The van der Waals surface area contributed by atoms with Gasteiger partial charge in [-0.25, -0.2) is 0 Å². The van der Waals surface area contributed by atoms with Crippen LogP contribution in [0.5, 0.6) is 0 Å². The predicted molar refractivity (Wildman–Crippen MR) is 53.3 cm³/mol. The van der Waals surface area contributed by atoms with Gasteiger partial charge in [-0.05, 0) is 32.8 Å². The van der Waals surface area contributed by atoms with Crippen molar-refractivity contribution in [3.63, 3.8) is 0 Å². The van der Waals surface area contributed by atoms with E-state index in [2.05, 4.69) is 6.58 Å². The zero-order valence-corrected chi connectivity index (χ0v) is 8.54. The second-order valence-corrected chi connectivity index (χ2v) is 4.17. The van der Waals surface area contributed by atoms with Gasteiger partial charge in [0.25, 0.3) is 0 Å². The molecule has 0 amide bonds. The Morgan fingerprint density at radius 3 is 2.69 bits per heavy atom. The Morgan fingerprint density at radius 1 is 1.69 bits per heavy atom. The molecule has 2 nitrogen and oxygen atoms in total. The van der Waals surface area contributed by atoms with Crippen LogP contribution in [0.3, 0.4) is 0 Å². The van der Waals surface area contributed by atoms with Crippen molar-refractivity contribution < 1.29 is 10.2 Å². The number of aliphatic hydroxyl groups is 2. The minimum absolute atomic E-state index is 0.0151. The first kappa shape index (κ1) is 10.5. The molecule has 0 saturated carbocycles. The third-order valence-corrected chi connectivity index (χ3v) is 3.07. The van der Waals surface area contributed by atoms with Gasteiger partial charge in [-0.15, -0.1) is 0 Å². The highest BCUT2D eigenvalue weighted by Crippen LogP contribution is 2.35. The summed E-state index contributed by atoms with van der Waals surface area (Å²) in [7, 11) is 0. The number of allylic oxidation sites excluding steroid dienone is 1. The van der Waals surface area contributed by atoms with Crippen molar-refractivity contribution in [2.45, 2.75) is 38.9 Å². The lowest BCUT2D eigenvalue weighted by molar-refractivity contribution is -0.0629. The van der Waals surface area contributed by atoms with Crippen LogP contribution in [0.15, 0.2) is 23.8 Å². The van der Waals surface area contributed by atoms with E-state index in [9.17, 15) is 10.2 Å². The fourth-order valence-electron chi connectivity index (χ4n) is 1.73. The van der Waals surface area contributed by atoms with Gasteiger partial charge in [-0.2, -0.15) is 0 Å². The molecule has 0 aromatic carbocycles. The molecule has 0 heterocycles. The summed E-state index contributed by atoms with van der Waals surface area (Å²) in [4.78, 5) is 0. The molecular weight excluding hydrogens is 164 g/mol. The van der Waals surface area contributed by atoms with E-state index in [-0.39, 0.29) is 5.92 Å². The molecule has 0 bridgehead atoms. The highest BCUT2D eigenvalue weighted by molar-refractivity contribution is 5.24. The van der Waals surface area contributed by atoms with Gasteiger partial charge in [0.2, 0.25) is 0 Å². The first-order valence-electron chi connectivity index (χ1n) is 4.60. The molecule has 2 heteroatoms. The van der Waals surface area contributed by atoms with Crippen LogP contribution < -0.4 is 0 Å². The van der Waals surface area contributed by atoms with E-state index < -0.39 is 11.7 Å². The van der Waals surface area contributed by atoms with Crippen molar-refractivity contribution in [3.05, 3.63) is 23.8 Å². The first-order chi connectivity index (χ1) is 5.87. The maximum atomic E-state index is 9.97. The van der Waals surface area contributed by atoms with Crippen LogP contribution in [0.1, 0.15) is 27.2 Å². The molecule has 0 spiro atoms.